The maximum absolute atomic E-state index is 13.7. The van der Waals surface area contributed by atoms with Gasteiger partial charge in [0.1, 0.15) is 5.82 Å². The minimum absolute atomic E-state index is 0.257. The molecule has 1 aliphatic rings. The second kappa shape index (κ2) is 5.88. The molecular weight excluding hydrogens is 245 g/mol. The first-order valence-electron chi connectivity index (χ1n) is 6.75. The van der Waals surface area contributed by atoms with Gasteiger partial charge in [-0.1, -0.05) is 0 Å². The molecule has 19 heavy (non-hydrogen) atoms. The number of methoxy groups -OCH3 is 1. The quantitative estimate of drug-likeness (QED) is 0.910. The van der Waals surface area contributed by atoms with Gasteiger partial charge in [-0.2, -0.15) is 0 Å². The van der Waals surface area contributed by atoms with E-state index in [9.17, 15) is 9.50 Å². The van der Waals surface area contributed by atoms with Crippen LogP contribution in [0.15, 0.2) is 12.1 Å². The van der Waals surface area contributed by atoms with E-state index in [0.29, 0.717) is 17.0 Å². The van der Waals surface area contributed by atoms with Crippen molar-refractivity contribution in [3.05, 3.63) is 29.1 Å². The SMILES string of the molecule is COCC1CCN(c2cc(C)c(F)cc2C(C)O)C1. The van der Waals surface area contributed by atoms with E-state index in [0.717, 1.165) is 31.8 Å². The molecule has 0 amide bonds. The summed E-state index contributed by atoms with van der Waals surface area (Å²) in [5.74, 6) is 0.254. The number of ether oxygens (including phenoxy) is 1. The van der Waals surface area contributed by atoms with Crippen molar-refractivity contribution in [1.82, 2.24) is 0 Å². The molecule has 4 heteroatoms. The van der Waals surface area contributed by atoms with Gasteiger partial charge in [-0.3, -0.25) is 0 Å². The Morgan fingerprint density at radius 3 is 2.89 bits per heavy atom. The van der Waals surface area contributed by atoms with Crippen LogP contribution in [0, 0.1) is 18.7 Å². The van der Waals surface area contributed by atoms with Crippen molar-refractivity contribution >= 4 is 5.69 Å². The van der Waals surface area contributed by atoms with E-state index >= 15 is 0 Å². The molecule has 0 spiro atoms. The molecular formula is C15H22FNO2. The monoisotopic (exact) mass is 267 g/mol. The van der Waals surface area contributed by atoms with Crippen molar-refractivity contribution < 1.29 is 14.2 Å². The molecule has 1 aromatic carbocycles. The smallest absolute Gasteiger partial charge is 0.126 e. The van der Waals surface area contributed by atoms with Crippen LogP contribution in [0.3, 0.4) is 0 Å². The van der Waals surface area contributed by atoms with Gasteiger partial charge in [0, 0.05) is 37.4 Å². The summed E-state index contributed by atoms with van der Waals surface area (Å²) in [5, 5.41) is 9.83. The van der Waals surface area contributed by atoms with Gasteiger partial charge in [0.15, 0.2) is 0 Å². The van der Waals surface area contributed by atoms with Crippen LogP contribution < -0.4 is 4.90 Å². The predicted molar refractivity (Wildman–Crippen MR) is 74.0 cm³/mol. The molecule has 0 aliphatic carbocycles. The normalized spacial score (nSPS) is 20.9. The molecule has 0 saturated carbocycles. The van der Waals surface area contributed by atoms with Crippen LogP contribution in [-0.4, -0.2) is 31.9 Å². The number of hydrogen-bond acceptors (Lipinski definition) is 3. The van der Waals surface area contributed by atoms with Gasteiger partial charge >= 0.3 is 0 Å². The van der Waals surface area contributed by atoms with Gasteiger partial charge in [0.25, 0.3) is 0 Å². The highest BCUT2D eigenvalue weighted by Crippen LogP contribution is 2.32. The zero-order valence-corrected chi connectivity index (χ0v) is 11.8. The summed E-state index contributed by atoms with van der Waals surface area (Å²) in [7, 11) is 1.71. The largest absolute Gasteiger partial charge is 0.389 e. The van der Waals surface area contributed by atoms with Crippen molar-refractivity contribution in [1.29, 1.82) is 0 Å². The highest BCUT2D eigenvalue weighted by Gasteiger charge is 2.25. The highest BCUT2D eigenvalue weighted by atomic mass is 19.1. The van der Waals surface area contributed by atoms with Crippen molar-refractivity contribution in [2.24, 2.45) is 5.92 Å². The maximum atomic E-state index is 13.7. The Hall–Kier alpha value is -1.13. The average molecular weight is 267 g/mol. The van der Waals surface area contributed by atoms with Gasteiger partial charge in [-0.05, 0) is 38.0 Å². The van der Waals surface area contributed by atoms with Crippen molar-refractivity contribution in [2.75, 3.05) is 31.7 Å². The van der Waals surface area contributed by atoms with Gasteiger partial charge in [0.2, 0.25) is 0 Å². The molecule has 1 saturated heterocycles. The zero-order valence-electron chi connectivity index (χ0n) is 11.8. The Bertz CT molecular complexity index is 448. The predicted octanol–water partition coefficient (Wildman–Crippen LogP) is 2.66. The third-order valence-electron chi connectivity index (χ3n) is 3.79. The van der Waals surface area contributed by atoms with Crippen LogP contribution >= 0.6 is 0 Å². The van der Waals surface area contributed by atoms with E-state index in [2.05, 4.69) is 4.90 Å². The van der Waals surface area contributed by atoms with E-state index in [1.807, 2.05) is 6.07 Å². The number of aliphatic hydroxyl groups is 1. The summed E-state index contributed by atoms with van der Waals surface area (Å²) in [4.78, 5) is 2.22. The van der Waals surface area contributed by atoms with Crippen molar-refractivity contribution in [3.63, 3.8) is 0 Å². The first-order chi connectivity index (χ1) is 9.02. The standard InChI is InChI=1S/C15H22FNO2/c1-10-6-15(13(11(2)18)7-14(10)16)17-5-4-12(8-17)9-19-3/h6-7,11-12,18H,4-5,8-9H2,1-3H3. The lowest BCUT2D eigenvalue weighted by Gasteiger charge is -2.24. The van der Waals surface area contributed by atoms with Crippen LogP contribution in [0.5, 0.6) is 0 Å². The average Bonchev–Trinajstić information content (AvgIpc) is 2.81. The fraction of sp³-hybridized carbons (Fsp3) is 0.600. The van der Waals surface area contributed by atoms with Crippen LogP contribution in [0.25, 0.3) is 0 Å². The molecule has 2 unspecified atom stereocenters. The third-order valence-corrected chi connectivity index (χ3v) is 3.79. The molecule has 1 heterocycles. The lowest BCUT2D eigenvalue weighted by Crippen LogP contribution is -2.23. The summed E-state index contributed by atoms with van der Waals surface area (Å²) >= 11 is 0. The van der Waals surface area contributed by atoms with Crippen LogP contribution in [0.2, 0.25) is 0 Å². The third kappa shape index (κ3) is 3.07. The van der Waals surface area contributed by atoms with Crippen LogP contribution in [0.4, 0.5) is 10.1 Å². The Labute approximate surface area is 114 Å². The Morgan fingerprint density at radius 2 is 2.26 bits per heavy atom. The lowest BCUT2D eigenvalue weighted by molar-refractivity contribution is 0.161. The maximum Gasteiger partial charge on any atom is 0.126 e. The first-order valence-corrected chi connectivity index (χ1v) is 6.75. The number of hydrogen-bond donors (Lipinski definition) is 1. The fourth-order valence-corrected chi connectivity index (χ4v) is 2.71. The summed E-state index contributed by atoms with van der Waals surface area (Å²) in [6.45, 7) is 6.02. The van der Waals surface area contributed by atoms with Crippen LogP contribution in [-0.2, 0) is 4.74 Å². The summed E-state index contributed by atoms with van der Waals surface area (Å²) in [6.07, 6.45) is 0.412. The van der Waals surface area contributed by atoms with Crippen molar-refractivity contribution in [2.45, 2.75) is 26.4 Å². The number of anilines is 1. The topological polar surface area (TPSA) is 32.7 Å². The van der Waals surface area contributed by atoms with E-state index < -0.39 is 6.10 Å². The van der Waals surface area contributed by atoms with Crippen LogP contribution in [0.1, 0.15) is 30.6 Å². The summed E-state index contributed by atoms with van der Waals surface area (Å²) in [6, 6.07) is 3.30. The second-order valence-electron chi connectivity index (χ2n) is 5.39. The number of rotatable bonds is 4. The number of benzene rings is 1. The molecule has 0 radical (unpaired) electrons. The molecule has 0 bridgehead atoms. The molecule has 3 nitrogen and oxygen atoms in total. The van der Waals surface area contributed by atoms with Gasteiger partial charge in [0.05, 0.1) is 12.7 Å². The minimum Gasteiger partial charge on any atom is -0.389 e. The van der Waals surface area contributed by atoms with Gasteiger partial charge in [-0.15, -0.1) is 0 Å². The minimum atomic E-state index is -0.661. The zero-order chi connectivity index (χ0) is 14.0. The fourth-order valence-electron chi connectivity index (χ4n) is 2.71. The van der Waals surface area contributed by atoms with E-state index in [1.165, 1.54) is 6.07 Å². The van der Waals surface area contributed by atoms with Crippen molar-refractivity contribution in [3.8, 4) is 0 Å². The Morgan fingerprint density at radius 1 is 1.53 bits per heavy atom. The Balaban J connectivity index is 2.26. The molecule has 1 fully saturated rings. The van der Waals surface area contributed by atoms with Gasteiger partial charge < -0.3 is 14.7 Å². The number of aryl methyl sites for hydroxylation is 1. The molecule has 0 aromatic heterocycles. The first kappa shape index (κ1) is 14.3. The Kier molecular flexibility index (Phi) is 4.42. The highest BCUT2D eigenvalue weighted by molar-refractivity contribution is 5.57. The molecule has 1 aromatic rings. The van der Waals surface area contributed by atoms with Gasteiger partial charge in [-0.25, -0.2) is 4.39 Å². The lowest BCUT2D eigenvalue weighted by atomic mass is 10.0. The van der Waals surface area contributed by atoms with E-state index in [1.54, 1.807) is 21.0 Å². The summed E-state index contributed by atoms with van der Waals surface area (Å²) < 4.78 is 18.8. The number of aliphatic hydroxyl groups excluding tert-OH is 1. The number of halogens is 1. The van der Waals surface area contributed by atoms with E-state index in [4.69, 9.17) is 4.74 Å². The second-order valence-corrected chi connectivity index (χ2v) is 5.39. The molecule has 2 rings (SSSR count). The molecule has 1 aliphatic heterocycles. The summed E-state index contributed by atoms with van der Waals surface area (Å²) in [5.41, 5.74) is 2.24. The molecule has 2 atom stereocenters. The number of nitrogens with zero attached hydrogens (tertiary/aromatic N) is 1. The van der Waals surface area contributed by atoms with E-state index in [-0.39, 0.29) is 5.82 Å². The molecule has 1 N–H and O–H groups in total. The molecule has 106 valence electrons.